The van der Waals surface area contributed by atoms with Crippen molar-refractivity contribution in [3.8, 4) is 0 Å². The first-order valence-corrected chi connectivity index (χ1v) is 28.6. The van der Waals surface area contributed by atoms with E-state index < -0.39 is 170 Å². The van der Waals surface area contributed by atoms with Crippen LogP contribution in [0, 0.1) is 29.6 Å². The number of cyclic esters (lactones) is 1. The van der Waals surface area contributed by atoms with E-state index >= 15 is 0 Å². The van der Waals surface area contributed by atoms with E-state index in [-0.39, 0.29) is 56.3 Å². The summed E-state index contributed by atoms with van der Waals surface area (Å²) in [5, 5.41) is 63.7. The maximum absolute atomic E-state index is 14.8. The van der Waals surface area contributed by atoms with Crippen LogP contribution in [0.3, 0.4) is 0 Å². The lowest BCUT2D eigenvalue weighted by molar-refractivity contribution is -0.158. The SMILES string of the molecule is CCCCCCC[C@@H](O)CC(=O)N[C@@H](CC(C)C)C(=O)N[C@H](CCC(=O)O)C(=O)NC1C(=O)NC([C@H](C)CC)C(=O)N[C@@H](CC(C)C)C(=O)N[C@H](CO)C(=O)N[C@@H](CC(C)C)C(=O)N[C@H](CO)C(=O)NC([C@@H](C)CC)C(=O)O[C@@H]1C. The second-order valence-corrected chi connectivity index (χ2v) is 22.5. The molecule has 1 saturated heterocycles. The molecule has 0 radical (unpaired) electrons. The number of hydrogen-bond donors (Lipinski definition) is 13. The van der Waals surface area contributed by atoms with Gasteiger partial charge in [0.1, 0.15) is 60.5 Å². The van der Waals surface area contributed by atoms with Crippen LogP contribution >= 0.6 is 0 Å². The lowest BCUT2D eigenvalue weighted by Gasteiger charge is -2.32. The van der Waals surface area contributed by atoms with Crippen molar-refractivity contribution in [1.29, 1.82) is 0 Å². The van der Waals surface area contributed by atoms with Crippen molar-refractivity contribution in [2.45, 2.75) is 240 Å². The molecule has 1 heterocycles. The van der Waals surface area contributed by atoms with Crippen molar-refractivity contribution in [3.05, 3.63) is 0 Å². The first kappa shape index (κ1) is 72.1. The number of aliphatic hydroxyl groups excluding tert-OH is 3. The molecule has 0 spiro atoms. The molecule has 25 nitrogen and oxygen atoms in total. The maximum atomic E-state index is 14.8. The number of carboxylic acids is 1. The highest BCUT2D eigenvalue weighted by Crippen LogP contribution is 2.17. The van der Waals surface area contributed by atoms with Gasteiger partial charge in [-0.3, -0.25) is 47.9 Å². The minimum absolute atomic E-state index is 0.00960. The molecule has 1 rings (SSSR count). The number of hydrogen-bond acceptors (Lipinski definition) is 15. The average molecular weight is 1140 g/mol. The highest BCUT2D eigenvalue weighted by Gasteiger charge is 2.41. The summed E-state index contributed by atoms with van der Waals surface area (Å²) in [5.41, 5.74) is 0. The van der Waals surface area contributed by atoms with Gasteiger partial charge in [-0.25, -0.2) is 4.79 Å². The molecule has 13 atom stereocenters. The van der Waals surface area contributed by atoms with Crippen LogP contribution in [0.4, 0.5) is 0 Å². The highest BCUT2D eigenvalue weighted by atomic mass is 16.5. The smallest absolute Gasteiger partial charge is 0.329 e. The van der Waals surface area contributed by atoms with E-state index in [0.717, 1.165) is 25.7 Å². The summed E-state index contributed by atoms with van der Waals surface area (Å²) < 4.78 is 5.85. The van der Waals surface area contributed by atoms with E-state index in [4.69, 9.17) is 4.74 Å². The number of carboxylic acid groups (broad SMARTS) is 1. The fraction of sp³-hybridized carbons (Fsp3) is 0.800. The average Bonchev–Trinajstić information content (AvgIpc) is 3.38. The van der Waals surface area contributed by atoms with Crippen LogP contribution in [0.1, 0.15) is 173 Å². The molecule has 9 amide bonds. The third-order valence-corrected chi connectivity index (χ3v) is 13.9. The number of nitrogens with one attached hydrogen (secondary N) is 9. The second kappa shape index (κ2) is 37.1. The van der Waals surface area contributed by atoms with Crippen LogP contribution in [0.15, 0.2) is 0 Å². The van der Waals surface area contributed by atoms with Gasteiger partial charge in [-0.05, 0) is 68.6 Å². The topological polar surface area (TPSA) is 386 Å². The summed E-state index contributed by atoms with van der Waals surface area (Å²) in [6.07, 6.45) is 1.31. The van der Waals surface area contributed by atoms with Crippen LogP contribution in [0.2, 0.25) is 0 Å². The number of aliphatic hydroxyl groups is 3. The normalized spacial score (nSPS) is 24.2. The first-order chi connectivity index (χ1) is 37.5. The van der Waals surface area contributed by atoms with Crippen molar-refractivity contribution in [2.75, 3.05) is 13.2 Å². The van der Waals surface area contributed by atoms with Gasteiger partial charge in [0.25, 0.3) is 0 Å². The Hall–Kier alpha value is -5.95. The van der Waals surface area contributed by atoms with Gasteiger partial charge in [0.15, 0.2) is 0 Å². The van der Waals surface area contributed by atoms with E-state index in [1.807, 2.05) is 0 Å². The summed E-state index contributed by atoms with van der Waals surface area (Å²) in [6.45, 7) is 18.5. The number of carbonyl (C=O) groups is 11. The quantitative estimate of drug-likeness (QED) is 0.0374. The fourth-order valence-corrected chi connectivity index (χ4v) is 8.78. The molecule has 13 N–H and O–H groups in total. The van der Waals surface area contributed by atoms with Crippen LogP contribution in [0.25, 0.3) is 0 Å². The van der Waals surface area contributed by atoms with Crippen LogP contribution in [0.5, 0.6) is 0 Å². The van der Waals surface area contributed by atoms with E-state index in [0.29, 0.717) is 12.8 Å². The van der Waals surface area contributed by atoms with Gasteiger partial charge in [0.05, 0.1) is 25.7 Å². The fourth-order valence-electron chi connectivity index (χ4n) is 8.78. The van der Waals surface area contributed by atoms with Crippen LogP contribution in [-0.2, 0) is 57.5 Å². The number of esters is 1. The Balaban J connectivity index is 4.04. The number of rotatable bonds is 28. The Morgan fingerprint density at radius 2 is 1.04 bits per heavy atom. The predicted octanol–water partition coefficient (Wildman–Crippen LogP) is 0.486. The van der Waals surface area contributed by atoms with Crippen molar-refractivity contribution in [3.63, 3.8) is 0 Å². The molecule has 0 aromatic rings. The van der Waals surface area contributed by atoms with E-state index in [1.54, 1.807) is 69.2 Å². The number of unbranched alkanes of at least 4 members (excludes halogenated alkanes) is 4. The standard InChI is InChI=1S/C55H97N9O16/c1-13-16-17-18-19-20-35(67)26-42(68)56-37(23-29(4)5)48(72)57-36(21-22-43(69)70)47(71)64-46-34(12)80-55(79)45(33(11)15-3)63-52(76)41(28-66)61-49(73)38(24-30(6)7)58-51(75)40(27-65)60-50(74)39(25-31(8)9)59-53(77)44(32(10)14-2)62-54(46)78/h29-41,44-46,65-67H,13-28H2,1-12H3,(H,56,68)(H,57,72)(H,58,75)(H,59,77)(H,60,74)(H,61,73)(H,62,78)(H,63,76)(H,64,71)(H,69,70)/t32-,33+,34-,35-,36-,37+,38+,39+,40-,41-,44?,45?,46?/m1/s1. The van der Waals surface area contributed by atoms with Crippen molar-refractivity contribution >= 4 is 65.1 Å². The molecular formula is C55H97N9O16. The Labute approximate surface area is 471 Å². The summed E-state index contributed by atoms with van der Waals surface area (Å²) in [7, 11) is 0. The molecule has 0 aromatic heterocycles. The van der Waals surface area contributed by atoms with Gasteiger partial charge in [0.2, 0.25) is 53.2 Å². The third-order valence-electron chi connectivity index (χ3n) is 13.9. The molecule has 0 saturated carbocycles. The zero-order valence-electron chi connectivity index (χ0n) is 49.2. The first-order valence-electron chi connectivity index (χ1n) is 28.6. The number of aliphatic carboxylic acids is 1. The molecule has 80 heavy (non-hydrogen) atoms. The predicted molar refractivity (Wildman–Crippen MR) is 295 cm³/mol. The van der Waals surface area contributed by atoms with Crippen molar-refractivity contribution in [2.24, 2.45) is 29.6 Å². The zero-order valence-corrected chi connectivity index (χ0v) is 49.2. The highest BCUT2D eigenvalue weighted by molar-refractivity contribution is 5.99. The summed E-state index contributed by atoms with van der Waals surface area (Å²) in [4.78, 5) is 153. The minimum Gasteiger partial charge on any atom is -0.481 e. The lowest BCUT2D eigenvalue weighted by Crippen LogP contribution is -2.64. The second-order valence-electron chi connectivity index (χ2n) is 22.5. The Morgan fingerprint density at radius 3 is 1.52 bits per heavy atom. The monoisotopic (exact) mass is 1140 g/mol. The van der Waals surface area contributed by atoms with Gasteiger partial charge in [-0.2, -0.15) is 0 Å². The third kappa shape index (κ3) is 26.1. The molecule has 25 heteroatoms. The van der Waals surface area contributed by atoms with Gasteiger partial charge < -0.3 is 73.0 Å². The van der Waals surface area contributed by atoms with Gasteiger partial charge in [-0.15, -0.1) is 0 Å². The lowest BCUT2D eigenvalue weighted by atomic mass is 9.96. The Kier molecular flexibility index (Phi) is 33.5. The van der Waals surface area contributed by atoms with Gasteiger partial charge in [0, 0.05) is 6.42 Å². The Morgan fingerprint density at radius 1 is 0.562 bits per heavy atom. The number of amides is 9. The van der Waals surface area contributed by atoms with Crippen molar-refractivity contribution in [1.82, 2.24) is 47.9 Å². The zero-order chi connectivity index (χ0) is 61.0. The van der Waals surface area contributed by atoms with Crippen LogP contribution < -0.4 is 47.9 Å². The number of ether oxygens (including phenoxy) is 1. The summed E-state index contributed by atoms with van der Waals surface area (Å²) in [6, 6.07) is -14.1. The number of carbonyl (C=O) groups excluding carboxylic acids is 10. The minimum atomic E-state index is -1.95. The van der Waals surface area contributed by atoms with E-state index in [1.165, 1.54) is 6.92 Å². The largest absolute Gasteiger partial charge is 0.481 e. The molecule has 1 fully saturated rings. The van der Waals surface area contributed by atoms with E-state index in [2.05, 4.69) is 54.8 Å². The molecule has 3 unspecified atom stereocenters. The van der Waals surface area contributed by atoms with Crippen LogP contribution in [-0.4, -0.2) is 165 Å². The maximum Gasteiger partial charge on any atom is 0.329 e. The molecule has 0 aliphatic carbocycles. The summed E-state index contributed by atoms with van der Waals surface area (Å²) in [5.74, 6) is -13.3. The van der Waals surface area contributed by atoms with Gasteiger partial charge >= 0.3 is 11.9 Å². The Bertz CT molecular complexity index is 2040. The molecule has 458 valence electrons. The molecule has 0 bridgehead atoms. The van der Waals surface area contributed by atoms with Gasteiger partial charge in [-0.1, -0.05) is 121 Å². The van der Waals surface area contributed by atoms with Crippen molar-refractivity contribution < 1.29 is 77.9 Å². The summed E-state index contributed by atoms with van der Waals surface area (Å²) >= 11 is 0. The molecule has 1 aliphatic rings. The van der Waals surface area contributed by atoms with E-state index in [9.17, 15) is 73.2 Å². The molecule has 1 aliphatic heterocycles. The molecule has 0 aromatic carbocycles. The molecular weight excluding hydrogens is 1040 g/mol.